The highest BCUT2D eigenvalue weighted by atomic mass is 32.2. The molecule has 0 unspecified atom stereocenters. The van der Waals surface area contributed by atoms with Crippen LogP contribution in [0.4, 0.5) is 0 Å². The molecule has 20 heavy (non-hydrogen) atoms. The Bertz CT molecular complexity index is 556. The van der Waals surface area contributed by atoms with Gasteiger partial charge in [0.25, 0.3) is 0 Å². The van der Waals surface area contributed by atoms with Gasteiger partial charge in [0, 0.05) is 18.7 Å². The van der Waals surface area contributed by atoms with Crippen LogP contribution >= 0.6 is 0 Å². The predicted octanol–water partition coefficient (Wildman–Crippen LogP) is 1.41. The van der Waals surface area contributed by atoms with Crippen LogP contribution in [0.25, 0.3) is 0 Å². The lowest BCUT2D eigenvalue weighted by Gasteiger charge is -2.20. The van der Waals surface area contributed by atoms with Crippen molar-refractivity contribution in [3.8, 4) is 11.5 Å². The van der Waals surface area contributed by atoms with E-state index in [0.29, 0.717) is 31.9 Å². The van der Waals surface area contributed by atoms with E-state index in [9.17, 15) is 13.5 Å². The van der Waals surface area contributed by atoms with E-state index in [1.807, 2.05) is 19.1 Å². The number of para-hydroxylation sites is 1. The van der Waals surface area contributed by atoms with Crippen LogP contribution in [0.5, 0.6) is 11.5 Å². The van der Waals surface area contributed by atoms with Crippen molar-refractivity contribution in [2.24, 2.45) is 0 Å². The van der Waals surface area contributed by atoms with Crippen molar-refractivity contribution in [2.45, 2.75) is 19.9 Å². The van der Waals surface area contributed by atoms with E-state index in [0.717, 1.165) is 12.1 Å². The number of hydrogen-bond donors (Lipinski definition) is 1. The standard InChI is InChI=1S/C14H21NO4S/c1-2-19-13-6-3-5-12(14(13)16)11-15-7-4-9-20(17,18)10-8-15/h3,5-6,16H,2,4,7-11H2,1H3. The Kier molecular flexibility index (Phi) is 4.88. The molecule has 0 radical (unpaired) electrons. The molecule has 1 aromatic rings. The highest BCUT2D eigenvalue weighted by Gasteiger charge is 2.20. The number of nitrogens with zero attached hydrogens (tertiary/aromatic N) is 1. The van der Waals surface area contributed by atoms with Crippen molar-refractivity contribution >= 4 is 9.84 Å². The minimum Gasteiger partial charge on any atom is -0.504 e. The van der Waals surface area contributed by atoms with Gasteiger partial charge in [0.05, 0.1) is 18.1 Å². The van der Waals surface area contributed by atoms with E-state index in [1.165, 1.54) is 0 Å². The van der Waals surface area contributed by atoms with Crippen molar-refractivity contribution in [3.05, 3.63) is 23.8 Å². The first-order valence-electron chi connectivity index (χ1n) is 6.88. The SMILES string of the molecule is CCOc1cccc(CN2CCCS(=O)(=O)CC2)c1O. The maximum Gasteiger partial charge on any atom is 0.162 e. The van der Waals surface area contributed by atoms with Gasteiger partial charge in [-0.3, -0.25) is 4.90 Å². The number of hydrogen-bond acceptors (Lipinski definition) is 5. The van der Waals surface area contributed by atoms with Gasteiger partial charge in [0.1, 0.15) is 0 Å². The smallest absolute Gasteiger partial charge is 0.162 e. The van der Waals surface area contributed by atoms with Crippen LogP contribution < -0.4 is 4.74 Å². The minimum atomic E-state index is -2.90. The van der Waals surface area contributed by atoms with Crippen LogP contribution in [-0.4, -0.2) is 49.6 Å². The first-order chi connectivity index (χ1) is 9.52. The van der Waals surface area contributed by atoms with E-state index in [4.69, 9.17) is 4.74 Å². The molecule has 0 atom stereocenters. The van der Waals surface area contributed by atoms with Gasteiger partial charge in [0.2, 0.25) is 0 Å². The summed E-state index contributed by atoms with van der Waals surface area (Å²) in [6.45, 7) is 4.16. The van der Waals surface area contributed by atoms with E-state index in [1.54, 1.807) is 6.07 Å². The number of phenolic OH excluding ortho intramolecular Hbond substituents is 1. The van der Waals surface area contributed by atoms with Gasteiger partial charge in [-0.05, 0) is 26.0 Å². The molecule has 0 saturated carbocycles. The van der Waals surface area contributed by atoms with Crippen LogP contribution in [0.2, 0.25) is 0 Å². The molecule has 6 heteroatoms. The number of sulfone groups is 1. The molecule has 112 valence electrons. The van der Waals surface area contributed by atoms with Gasteiger partial charge in [-0.2, -0.15) is 0 Å². The highest BCUT2D eigenvalue weighted by Crippen LogP contribution is 2.30. The van der Waals surface area contributed by atoms with E-state index >= 15 is 0 Å². The van der Waals surface area contributed by atoms with Crippen molar-refractivity contribution in [3.63, 3.8) is 0 Å². The summed E-state index contributed by atoms with van der Waals surface area (Å²) in [5.74, 6) is 1.09. The largest absolute Gasteiger partial charge is 0.504 e. The fourth-order valence-corrected chi connectivity index (χ4v) is 3.67. The summed E-state index contributed by atoms with van der Waals surface area (Å²) in [5.41, 5.74) is 0.773. The molecular formula is C14H21NO4S. The minimum absolute atomic E-state index is 0.154. The Morgan fingerprint density at radius 2 is 2.10 bits per heavy atom. The molecule has 1 saturated heterocycles. The number of ether oxygens (including phenoxy) is 1. The molecule has 0 bridgehead atoms. The summed E-state index contributed by atoms with van der Waals surface area (Å²) in [4.78, 5) is 2.06. The van der Waals surface area contributed by atoms with E-state index in [-0.39, 0.29) is 17.3 Å². The third-order valence-corrected chi connectivity index (χ3v) is 5.14. The molecule has 0 spiro atoms. The number of benzene rings is 1. The van der Waals surface area contributed by atoms with Gasteiger partial charge in [0.15, 0.2) is 21.3 Å². The predicted molar refractivity (Wildman–Crippen MR) is 77.8 cm³/mol. The number of rotatable bonds is 4. The lowest BCUT2D eigenvalue weighted by atomic mass is 10.1. The Morgan fingerprint density at radius 1 is 1.30 bits per heavy atom. The first kappa shape index (κ1) is 15.1. The summed E-state index contributed by atoms with van der Waals surface area (Å²) >= 11 is 0. The van der Waals surface area contributed by atoms with Crippen LogP contribution in [0.15, 0.2) is 18.2 Å². The third kappa shape index (κ3) is 3.86. The summed E-state index contributed by atoms with van der Waals surface area (Å²) in [7, 11) is -2.90. The summed E-state index contributed by atoms with van der Waals surface area (Å²) in [6.07, 6.45) is 0.647. The second kappa shape index (κ2) is 6.45. The molecule has 1 aliphatic rings. The van der Waals surface area contributed by atoms with Crippen molar-refractivity contribution in [1.29, 1.82) is 0 Å². The van der Waals surface area contributed by atoms with Gasteiger partial charge in [-0.1, -0.05) is 12.1 Å². The zero-order chi connectivity index (χ0) is 14.6. The molecule has 1 aromatic carbocycles. The monoisotopic (exact) mass is 299 g/mol. The molecule has 5 nitrogen and oxygen atoms in total. The lowest BCUT2D eigenvalue weighted by Crippen LogP contribution is -2.26. The summed E-state index contributed by atoms with van der Waals surface area (Å²) in [6, 6.07) is 5.42. The topological polar surface area (TPSA) is 66.8 Å². The van der Waals surface area contributed by atoms with Gasteiger partial charge in [-0.25, -0.2) is 8.42 Å². The zero-order valence-corrected chi connectivity index (χ0v) is 12.5. The number of phenols is 1. The Morgan fingerprint density at radius 3 is 2.85 bits per heavy atom. The first-order valence-corrected chi connectivity index (χ1v) is 8.70. The summed E-state index contributed by atoms with van der Waals surface area (Å²) < 4.78 is 28.5. The zero-order valence-electron chi connectivity index (χ0n) is 11.7. The van der Waals surface area contributed by atoms with Crippen molar-refractivity contribution < 1.29 is 18.3 Å². The molecule has 2 rings (SSSR count). The molecular weight excluding hydrogens is 278 g/mol. The summed E-state index contributed by atoms with van der Waals surface area (Å²) in [5, 5.41) is 10.2. The second-order valence-electron chi connectivity index (χ2n) is 4.98. The van der Waals surface area contributed by atoms with Crippen LogP contribution in [0.3, 0.4) is 0 Å². The molecule has 0 aromatic heterocycles. The van der Waals surface area contributed by atoms with E-state index < -0.39 is 9.84 Å². The average molecular weight is 299 g/mol. The highest BCUT2D eigenvalue weighted by molar-refractivity contribution is 7.91. The quantitative estimate of drug-likeness (QED) is 0.910. The number of aromatic hydroxyl groups is 1. The fourth-order valence-electron chi connectivity index (χ4n) is 2.36. The van der Waals surface area contributed by atoms with Gasteiger partial charge in [-0.15, -0.1) is 0 Å². The maximum absolute atomic E-state index is 11.6. The fraction of sp³-hybridized carbons (Fsp3) is 0.571. The lowest BCUT2D eigenvalue weighted by molar-refractivity contribution is 0.277. The normalized spacial score (nSPS) is 19.4. The van der Waals surface area contributed by atoms with Crippen molar-refractivity contribution in [1.82, 2.24) is 4.90 Å². The van der Waals surface area contributed by atoms with Crippen LogP contribution in [0.1, 0.15) is 18.9 Å². The third-order valence-electron chi connectivity index (χ3n) is 3.42. The molecule has 1 heterocycles. The van der Waals surface area contributed by atoms with Crippen molar-refractivity contribution in [2.75, 3.05) is 31.2 Å². The molecule has 1 N–H and O–H groups in total. The van der Waals surface area contributed by atoms with Crippen LogP contribution in [0, 0.1) is 0 Å². The average Bonchev–Trinajstić information content (AvgIpc) is 2.56. The van der Waals surface area contributed by atoms with Gasteiger partial charge >= 0.3 is 0 Å². The molecule has 1 fully saturated rings. The van der Waals surface area contributed by atoms with E-state index in [2.05, 4.69) is 4.90 Å². The second-order valence-corrected chi connectivity index (χ2v) is 7.28. The maximum atomic E-state index is 11.6. The molecule has 1 aliphatic heterocycles. The molecule has 0 aliphatic carbocycles. The van der Waals surface area contributed by atoms with Crippen LogP contribution in [-0.2, 0) is 16.4 Å². The Balaban J connectivity index is 2.08. The Labute approximate surface area is 120 Å². The molecule has 0 amide bonds. The van der Waals surface area contributed by atoms with Gasteiger partial charge < -0.3 is 9.84 Å². The Hall–Kier alpha value is -1.27.